The fraction of sp³-hybridized carbons (Fsp3) is 0.188. The summed E-state index contributed by atoms with van der Waals surface area (Å²) in [7, 11) is -2.16. The quantitative estimate of drug-likeness (QED) is 0.168. The molecule has 1 aromatic heterocycles. The molecule has 4 aromatic carbocycles. The number of halogens is 1. The Hall–Kier alpha value is -3.70. The molecule has 5 aromatic rings. The van der Waals surface area contributed by atoms with Crippen molar-refractivity contribution in [1.29, 1.82) is 0 Å². The molecule has 1 unspecified atom stereocenters. The van der Waals surface area contributed by atoms with Gasteiger partial charge in [0.05, 0.1) is 26.2 Å². The number of methoxy groups -OCH3 is 1. The van der Waals surface area contributed by atoms with Crippen LogP contribution >= 0.6 is 7.60 Å². The van der Waals surface area contributed by atoms with Crippen molar-refractivity contribution in [1.82, 2.24) is 4.57 Å². The van der Waals surface area contributed by atoms with Gasteiger partial charge < -0.3 is 18.4 Å². The van der Waals surface area contributed by atoms with Gasteiger partial charge in [0.2, 0.25) is 0 Å². The predicted octanol–water partition coefficient (Wildman–Crippen LogP) is 7.85. The molecular weight excluding hydrogens is 512 g/mol. The van der Waals surface area contributed by atoms with Gasteiger partial charge in [-0.3, -0.25) is 4.57 Å². The number of hydrogen-bond acceptors (Lipinski definition) is 4. The van der Waals surface area contributed by atoms with Crippen molar-refractivity contribution in [3.05, 3.63) is 126 Å². The maximum Gasteiger partial charge on any atom is 0.378 e. The first kappa shape index (κ1) is 26.9. The van der Waals surface area contributed by atoms with Crippen molar-refractivity contribution >= 4 is 23.8 Å². The number of aromatic nitrogens is 1. The standard InChI is InChI=1S/C32H31FNO4P/c1-4-37-39(35,38-5-2)32-29-14-10-9-13-28(29)31(34(32)26-19-21-27(36-3)22-20-26)30(23-11-7-6-8-12-23)24-15-17-25(33)18-16-24/h6-22,30H,4-5H2,1-3H3. The summed E-state index contributed by atoms with van der Waals surface area (Å²) < 4.78 is 47.9. The zero-order valence-electron chi connectivity index (χ0n) is 22.2. The van der Waals surface area contributed by atoms with Gasteiger partial charge in [0.1, 0.15) is 17.0 Å². The van der Waals surface area contributed by atoms with E-state index in [1.54, 1.807) is 33.1 Å². The maximum absolute atomic E-state index is 14.6. The Balaban J connectivity index is 1.94. The fourth-order valence-electron chi connectivity index (χ4n) is 5.11. The monoisotopic (exact) mass is 543 g/mol. The number of ether oxygens (including phenoxy) is 1. The summed E-state index contributed by atoms with van der Waals surface area (Å²) in [5.74, 6) is 0.0811. The zero-order chi connectivity index (χ0) is 27.4. The molecule has 0 spiro atoms. The number of fused-ring (bicyclic) bond motifs is 1. The number of hydrogen-bond donors (Lipinski definition) is 0. The molecule has 0 aliphatic heterocycles. The Morgan fingerprint density at radius 1 is 0.744 bits per heavy atom. The summed E-state index contributed by atoms with van der Waals surface area (Å²) in [6.45, 7) is 4.05. The van der Waals surface area contributed by atoms with Gasteiger partial charge in [-0.1, -0.05) is 66.7 Å². The van der Waals surface area contributed by atoms with Crippen LogP contribution in [0.3, 0.4) is 0 Å². The lowest BCUT2D eigenvalue weighted by atomic mass is 9.86. The second kappa shape index (κ2) is 11.6. The molecule has 5 nitrogen and oxygen atoms in total. The van der Waals surface area contributed by atoms with E-state index >= 15 is 0 Å². The third-order valence-electron chi connectivity index (χ3n) is 6.69. The van der Waals surface area contributed by atoms with Crippen molar-refractivity contribution in [2.75, 3.05) is 20.3 Å². The fourth-order valence-corrected chi connectivity index (χ4v) is 7.07. The minimum atomic E-state index is -3.78. The molecule has 0 amide bonds. The molecule has 7 heteroatoms. The van der Waals surface area contributed by atoms with E-state index in [4.69, 9.17) is 13.8 Å². The average Bonchev–Trinajstić information content (AvgIpc) is 3.31. The molecule has 0 saturated heterocycles. The van der Waals surface area contributed by atoms with Gasteiger partial charge in [-0.15, -0.1) is 0 Å². The topological polar surface area (TPSA) is 49.7 Å². The lowest BCUT2D eigenvalue weighted by Gasteiger charge is -2.25. The van der Waals surface area contributed by atoms with Gasteiger partial charge >= 0.3 is 7.60 Å². The van der Waals surface area contributed by atoms with Gasteiger partial charge in [0.15, 0.2) is 0 Å². The second-order valence-corrected chi connectivity index (χ2v) is 11.0. The van der Waals surface area contributed by atoms with E-state index in [0.717, 1.165) is 33.3 Å². The number of nitrogens with zero attached hydrogens (tertiary/aromatic N) is 1. The van der Waals surface area contributed by atoms with E-state index in [2.05, 4.69) is 12.1 Å². The first-order valence-corrected chi connectivity index (χ1v) is 14.5. The normalized spacial score (nSPS) is 12.5. The summed E-state index contributed by atoms with van der Waals surface area (Å²) in [6, 6.07) is 32.1. The van der Waals surface area contributed by atoms with E-state index in [1.165, 1.54) is 12.1 Å². The van der Waals surface area contributed by atoms with E-state index in [0.29, 0.717) is 11.2 Å². The van der Waals surface area contributed by atoms with Crippen LogP contribution in [0.15, 0.2) is 103 Å². The molecular formula is C32H31FNO4P. The van der Waals surface area contributed by atoms with Crippen molar-refractivity contribution in [3.63, 3.8) is 0 Å². The van der Waals surface area contributed by atoms with Gasteiger partial charge in [-0.25, -0.2) is 4.39 Å². The van der Waals surface area contributed by atoms with Crippen molar-refractivity contribution in [2.24, 2.45) is 0 Å². The molecule has 200 valence electrons. The van der Waals surface area contributed by atoms with Crippen LogP contribution in [0.25, 0.3) is 16.5 Å². The molecule has 0 radical (unpaired) electrons. The highest BCUT2D eigenvalue weighted by atomic mass is 31.2. The molecule has 0 aliphatic rings. The summed E-state index contributed by atoms with van der Waals surface area (Å²) in [4.78, 5) is 0. The van der Waals surface area contributed by atoms with Crippen LogP contribution in [0.1, 0.15) is 36.6 Å². The first-order chi connectivity index (χ1) is 19.0. The van der Waals surface area contributed by atoms with Crippen LogP contribution in [0.4, 0.5) is 4.39 Å². The molecule has 0 bridgehead atoms. The SMILES string of the molecule is CCOP(=O)(OCC)c1c2ccccc2c(C(c2ccccc2)c2ccc(F)cc2)n1-c1ccc(OC)cc1. The van der Waals surface area contributed by atoms with Gasteiger partial charge in [-0.05, 0) is 61.4 Å². The van der Waals surface area contributed by atoms with Crippen molar-refractivity contribution < 1.29 is 22.7 Å². The zero-order valence-corrected chi connectivity index (χ0v) is 23.1. The first-order valence-electron chi connectivity index (χ1n) is 13.0. The molecule has 0 saturated carbocycles. The van der Waals surface area contributed by atoms with Gasteiger partial charge in [0.25, 0.3) is 0 Å². The van der Waals surface area contributed by atoms with Crippen LogP contribution in [0.2, 0.25) is 0 Å². The average molecular weight is 544 g/mol. The number of rotatable bonds is 10. The number of benzene rings is 4. The van der Waals surface area contributed by atoms with Crippen LogP contribution < -0.4 is 10.2 Å². The maximum atomic E-state index is 14.6. The minimum absolute atomic E-state index is 0.217. The Bertz CT molecular complexity index is 1590. The highest BCUT2D eigenvalue weighted by Crippen LogP contribution is 2.52. The largest absolute Gasteiger partial charge is 0.497 e. The molecule has 0 N–H and O–H groups in total. The summed E-state index contributed by atoms with van der Waals surface area (Å²) >= 11 is 0. The van der Waals surface area contributed by atoms with E-state index < -0.39 is 7.60 Å². The third kappa shape index (κ3) is 5.16. The summed E-state index contributed by atoms with van der Waals surface area (Å²) in [6.07, 6.45) is 0. The summed E-state index contributed by atoms with van der Waals surface area (Å²) in [5, 5.41) is 1.68. The molecule has 5 rings (SSSR count). The van der Waals surface area contributed by atoms with Crippen LogP contribution in [0, 0.1) is 5.82 Å². The van der Waals surface area contributed by atoms with Crippen LogP contribution in [-0.2, 0) is 13.6 Å². The Kier molecular flexibility index (Phi) is 7.99. The van der Waals surface area contributed by atoms with Crippen LogP contribution in [0.5, 0.6) is 5.75 Å². The van der Waals surface area contributed by atoms with Crippen molar-refractivity contribution in [2.45, 2.75) is 19.8 Å². The summed E-state index contributed by atoms with van der Waals surface area (Å²) in [5.41, 5.74) is 4.03. The van der Waals surface area contributed by atoms with E-state index in [1.807, 2.05) is 71.3 Å². The molecule has 0 aliphatic carbocycles. The molecule has 1 atom stereocenters. The van der Waals surface area contributed by atoms with E-state index in [9.17, 15) is 8.96 Å². The second-order valence-electron chi connectivity index (χ2n) is 9.02. The van der Waals surface area contributed by atoms with Gasteiger partial charge in [0, 0.05) is 22.2 Å². The lowest BCUT2D eigenvalue weighted by Crippen LogP contribution is -2.23. The smallest absolute Gasteiger partial charge is 0.378 e. The highest BCUT2D eigenvalue weighted by molar-refractivity contribution is 7.62. The molecule has 1 heterocycles. The Morgan fingerprint density at radius 2 is 1.31 bits per heavy atom. The lowest BCUT2D eigenvalue weighted by molar-refractivity contribution is 0.229. The predicted molar refractivity (Wildman–Crippen MR) is 154 cm³/mol. The van der Waals surface area contributed by atoms with Crippen molar-refractivity contribution in [3.8, 4) is 11.4 Å². The van der Waals surface area contributed by atoms with Crippen LogP contribution in [-0.4, -0.2) is 24.9 Å². The Labute approximate surface area is 228 Å². The molecule has 39 heavy (non-hydrogen) atoms. The third-order valence-corrected chi connectivity index (χ3v) is 8.85. The highest BCUT2D eigenvalue weighted by Gasteiger charge is 2.38. The minimum Gasteiger partial charge on any atom is -0.497 e. The van der Waals surface area contributed by atoms with E-state index in [-0.39, 0.29) is 24.9 Å². The Morgan fingerprint density at radius 3 is 1.90 bits per heavy atom. The molecule has 0 fully saturated rings. The van der Waals surface area contributed by atoms with Gasteiger partial charge in [-0.2, -0.15) is 0 Å².